The Morgan fingerprint density at radius 1 is 0.197 bits per heavy atom. The Morgan fingerprint density at radius 3 is 1.01 bits per heavy atom. The Balaban J connectivity index is 1.12. The van der Waals surface area contributed by atoms with E-state index in [-0.39, 0.29) is 0 Å². The van der Waals surface area contributed by atoms with Gasteiger partial charge < -0.3 is 9.80 Å². The Morgan fingerprint density at radius 2 is 0.526 bits per heavy atom. The molecule has 0 amide bonds. The molecule has 0 radical (unpaired) electrons. The molecule has 12 aromatic carbocycles. The molecule has 14 rings (SSSR count). The first-order valence-electron chi connectivity index (χ1n) is 26.3. The smallest absolute Gasteiger partial charge is 0.0748 e. The van der Waals surface area contributed by atoms with Gasteiger partial charge in [0.2, 0.25) is 0 Å². The summed E-state index contributed by atoms with van der Waals surface area (Å²) in [4.78, 5) is 4.96. The highest BCUT2D eigenvalue weighted by molar-refractivity contribution is 5.95. The van der Waals surface area contributed by atoms with Crippen molar-refractivity contribution in [2.75, 3.05) is 9.80 Å². The maximum absolute atomic E-state index is 2.48. The van der Waals surface area contributed by atoms with Gasteiger partial charge in [0.25, 0.3) is 0 Å². The third-order valence-corrected chi connectivity index (χ3v) is 16.0. The van der Waals surface area contributed by atoms with E-state index in [1.807, 2.05) is 0 Å². The van der Waals surface area contributed by atoms with E-state index in [1.54, 1.807) is 0 Å². The van der Waals surface area contributed by atoms with Gasteiger partial charge in [-0.1, -0.05) is 255 Å². The number of hydrogen-bond acceptors (Lipinski definition) is 2. The predicted octanol–water partition coefficient (Wildman–Crippen LogP) is 19.0. The van der Waals surface area contributed by atoms with Gasteiger partial charge in [-0.25, -0.2) is 0 Å². The molecule has 1 unspecified atom stereocenters. The fraction of sp³-hybridized carbons (Fsp3) is 0.0270. The number of benzene rings is 12. The van der Waals surface area contributed by atoms with Crippen molar-refractivity contribution in [3.63, 3.8) is 0 Å². The monoisotopic (exact) mass is 968 g/mol. The number of anilines is 6. The van der Waals surface area contributed by atoms with Gasteiger partial charge >= 0.3 is 0 Å². The van der Waals surface area contributed by atoms with Crippen molar-refractivity contribution in [3.05, 3.63) is 360 Å². The maximum Gasteiger partial charge on any atom is 0.0748 e. The van der Waals surface area contributed by atoms with E-state index in [0.29, 0.717) is 0 Å². The topological polar surface area (TPSA) is 6.48 Å². The van der Waals surface area contributed by atoms with Crippen molar-refractivity contribution >= 4 is 34.1 Å². The molecule has 0 fully saturated rings. The van der Waals surface area contributed by atoms with Crippen molar-refractivity contribution in [2.24, 2.45) is 0 Å². The summed E-state index contributed by atoms with van der Waals surface area (Å²) in [6, 6.07) is 117. The van der Waals surface area contributed by atoms with E-state index in [2.05, 4.69) is 325 Å². The Labute approximate surface area is 445 Å². The number of para-hydroxylation sites is 4. The van der Waals surface area contributed by atoms with E-state index in [1.165, 1.54) is 77.9 Å². The minimum atomic E-state index is -0.927. The molecule has 2 aliphatic rings. The normalized spacial score (nSPS) is 14.5. The van der Waals surface area contributed by atoms with Crippen LogP contribution in [-0.4, -0.2) is 0 Å². The summed E-state index contributed by atoms with van der Waals surface area (Å²) >= 11 is 0. The Kier molecular flexibility index (Phi) is 11.0. The zero-order chi connectivity index (χ0) is 50.5. The summed E-state index contributed by atoms with van der Waals surface area (Å²) in [5, 5.41) is 0. The fourth-order valence-corrected chi connectivity index (χ4v) is 13.0. The third kappa shape index (κ3) is 6.95. The lowest BCUT2D eigenvalue weighted by atomic mass is 9.51. The van der Waals surface area contributed by atoms with Crippen LogP contribution in [0.4, 0.5) is 34.1 Å². The van der Waals surface area contributed by atoms with Gasteiger partial charge in [-0.2, -0.15) is 0 Å². The van der Waals surface area contributed by atoms with Crippen molar-refractivity contribution in [3.8, 4) is 33.4 Å². The van der Waals surface area contributed by atoms with Crippen LogP contribution < -0.4 is 9.80 Å². The number of hydrogen-bond donors (Lipinski definition) is 0. The van der Waals surface area contributed by atoms with Crippen LogP contribution in [0.2, 0.25) is 0 Å². The van der Waals surface area contributed by atoms with Crippen LogP contribution in [0.3, 0.4) is 0 Å². The molecular formula is C74H52N2. The van der Waals surface area contributed by atoms with E-state index >= 15 is 0 Å². The van der Waals surface area contributed by atoms with Crippen molar-refractivity contribution in [1.82, 2.24) is 0 Å². The summed E-state index contributed by atoms with van der Waals surface area (Å²) in [5.41, 5.74) is 22.2. The van der Waals surface area contributed by atoms with Crippen LogP contribution in [0.25, 0.3) is 33.4 Å². The number of nitrogens with zero attached hydrogens (tertiary/aromatic N) is 2. The molecule has 0 saturated carbocycles. The summed E-state index contributed by atoms with van der Waals surface area (Å²) < 4.78 is 0. The molecule has 0 saturated heterocycles. The van der Waals surface area contributed by atoms with Crippen LogP contribution in [0.15, 0.2) is 315 Å². The highest BCUT2D eigenvalue weighted by Gasteiger charge is 2.58. The lowest BCUT2D eigenvalue weighted by molar-refractivity contribution is 0.627. The second-order valence-corrected chi connectivity index (χ2v) is 19.9. The molecule has 0 aromatic heterocycles. The van der Waals surface area contributed by atoms with E-state index in [0.717, 1.165) is 34.1 Å². The molecular weight excluding hydrogens is 917 g/mol. The largest absolute Gasteiger partial charge is 0.310 e. The lowest BCUT2D eigenvalue weighted by Gasteiger charge is -2.51. The third-order valence-electron chi connectivity index (χ3n) is 16.0. The molecule has 0 N–H and O–H groups in total. The van der Waals surface area contributed by atoms with Gasteiger partial charge in [0.15, 0.2) is 0 Å². The first kappa shape index (κ1) is 44.9. The highest BCUT2D eigenvalue weighted by atomic mass is 15.2. The first-order chi connectivity index (χ1) is 37.7. The second kappa shape index (κ2) is 18.6. The first-order valence-corrected chi connectivity index (χ1v) is 26.3. The average Bonchev–Trinajstić information content (AvgIpc) is 3.66. The maximum atomic E-state index is 2.48. The van der Waals surface area contributed by atoms with Gasteiger partial charge in [-0.3, -0.25) is 0 Å². The molecule has 0 aliphatic heterocycles. The summed E-state index contributed by atoms with van der Waals surface area (Å²) in [6.07, 6.45) is 0. The van der Waals surface area contributed by atoms with Gasteiger partial charge in [0.05, 0.1) is 22.2 Å². The Bertz CT molecular complexity index is 3850. The van der Waals surface area contributed by atoms with Crippen LogP contribution in [0, 0.1) is 0 Å². The van der Waals surface area contributed by atoms with Gasteiger partial charge in [-0.15, -0.1) is 0 Å². The lowest BCUT2D eigenvalue weighted by Crippen LogP contribution is -2.45. The van der Waals surface area contributed by atoms with Crippen molar-refractivity contribution in [1.29, 1.82) is 0 Å². The van der Waals surface area contributed by atoms with Crippen LogP contribution >= 0.6 is 0 Å². The quantitative estimate of drug-likeness (QED) is 0.127. The van der Waals surface area contributed by atoms with Crippen molar-refractivity contribution < 1.29 is 0 Å². The van der Waals surface area contributed by atoms with Gasteiger partial charge in [0, 0.05) is 22.7 Å². The second-order valence-electron chi connectivity index (χ2n) is 19.9. The fourth-order valence-electron chi connectivity index (χ4n) is 13.0. The molecule has 2 nitrogen and oxygen atoms in total. The van der Waals surface area contributed by atoms with Gasteiger partial charge in [0.1, 0.15) is 0 Å². The number of fused-ring (bicyclic) bond motifs is 5. The van der Waals surface area contributed by atoms with Crippen LogP contribution in [-0.2, 0) is 10.8 Å². The molecule has 0 heterocycles. The molecule has 358 valence electrons. The molecule has 2 heteroatoms. The SMILES string of the molecule is c1ccc(-c2ccc(N(c3ccccc3)c3ccccc3C3(c4ccccc4N(c4ccccc4)c4ccc(-c5ccccc5)cc4)c4ccccc4C4(c5ccccc5)c5ccccc5-c5cccc3c54)cc2)cc1. The molecule has 1 atom stereocenters. The summed E-state index contributed by atoms with van der Waals surface area (Å²) in [5.74, 6) is 0. The molecule has 12 aromatic rings. The molecule has 2 aliphatic carbocycles. The predicted molar refractivity (Wildman–Crippen MR) is 316 cm³/mol. The standard InChI is InChI=1S/C74H52N2/c1-6-25-53(26-7-1)55-45-49-60(50-46-55)75(58-31-12-4-13-32-58)70-43-22-20-40-67(70)74(68-41-21-23-44-71(68)76(59-33-14-5-15-34-59)61-51-47-56(48-52-61)54-27-8-2-9-28-54)66-39-19-18-38-65(66)73(57-29-10-3-11-30-57)64-37-17-16-35-62(64)63-36-24-42-69(74)72(63)73/h1-52H. The van der Waals surface area contributed by atoms with Crippen LogP contribution in [0.5, 0.6) is 0 Å². The average molecular weight is 969 g/mol. The number of rotatable bonds is 11. The van der Waals surface area contributed by atoms with Crippen LogP contribution in [0.1, 0.15) is 44.5 Å². The molecule has 0 spiro atoms. The minimum absolute atomic E-state index is 0.619. The van der Waals surface area contributed by atoms with Crippen molar-refractivity contribution in [2.45, 2.75) is 10.8 Å². The minimum Gasteiger partial charge on any atom is -0.310 e. The van der Waals surface area contributed by atoms with E-state index in [9.17, 15) is 0 Å². The highest BCUT2D eigenvalue weighted by Crippen LogP contribution is 2.67. The zero-order valence-corrected chi connectivity index (χ0v) is 41.9. The van der Waals surface area contributed by atoms with E-state index in [4.69, 9.17) is 0 Å². The van der Waals surface area contributed by atoms with Gasteiger partial charge in [-0.05, 0) is 139 Å². The summed E-state index contributed by atoms with van der Waals surface area (Å²) in [7, 11) is 0. The molecule has 0 bridgehead atoms. The Hall–Kier alpha value is -9.76. The zero-order valence-electron chi connectivity index (χ0n) is 41.9. The molecule has 76 heavy (non-hydrogen) atoms. The summed E-state index contributed by atoms with van der Waals surface area (Å²) in [6.45, 7) is 0. The van der Waals surface area contributed by atoms with E-state index < -0.39 is 10.8 Å².